The number of hydrogen-bond donors (Lipinski definition) is 1. The van der Waals surface area contributed by atoms with Crippen LogP contribution in [0.4, 0.5) is 0 Å². The molecule has 2 rings (SSSR count). The highest BCUT2D eigenvalue weighted by molar-refractivity contribution is 14.1. The summed E-state index contributed by atoms with van der Waals surface area (Å²) in [7, 11) is 0. The summed E-state index contributed by atoms with van der Waals surface area (Å²) in [6, 6.07) is 3.49. The fourth-order valence-electron chi connectivity index (χ4n) is 0.957. The first-order valence-electron chi connectivity index (χ1n) is 4.08. The molecule has 0 saturated carbocycles. The van der Waals surface area contributed by atoms with Crippen LogP contribution in [0.3, 0.4) is 0 Å². The standard InChI is InChI=1S/C9H6IN3O2/c10-7-8(14)12-5-13-9(7)15-6-2-1-3-11-4-6/h1-5H,(H,12,13,14). The molecule has 76 valence electrons. The van der Waals surface area contributed by atoms with Gasteiger partial charge in [0, 0.05) is 6.20 Å². The maximum Gasteiger partial charge on any atom is 0.268 e. The highest BCUT2D eigenvalue weighted by Crippen LogP contribution is 2.19. The minimum atomic E-state index is -0.218. The van der Waals surface area contributed by atoms with E-state index in [1.54, 1.807) is 24.5 Å². The van der Waals surface area contributed by atoms with Gasteiger partial charge in [0.2, 0.25) is 5.88 Å². The molecule has 6 heteroatoms. The minimum absolute atomic E-state index is 0.218. The molecule has 2 aromatic rings. The van der Waals surface area contributed by atoms with Crippen LogP contribution in [0, 0.1) is 3.57 Å². The smallest absolute Gasteiger partial charge is 0.268 e. The van der Waals surface area contributed by atoms with Gasteiger partial charge in [0.1, 0.15) is 9.32 Å². The van der Waals surface area contributed by atoms with Crippen LogP contribution in [0.25, 0.3) is 0 Å². The zero-order valence-corrected chi connectivity index (χ0v) is 9.63. The number of ether oxygens (including phenoxy) is 1. The van der Waals surface area contributed by atoms with Crippen molar-refractivity contribution in [2.45, 2.75) is 0 Å². The van der Waals surface area contributed by atoms with E-state index in [2.05, 4.69) is 15.0 Å². The van der Waals surface area contributed by atoms with Gasteiger partial charge in [-0.3, -0.25) is 9.78 Å². The Balaban J connectivity index is 2.33. The monoisotopic (exact) mass is 315 g/mol. The van der Waals surface area contributed by atoms with Crippen molar-refractivity contribution >= 4 is 22.6 Å². The number of pyridine rings is 1. The Kier molecular flexibility index (Phi) is 2.95. The van der Waals surface area contributed by atoms with Gasteiger partial charge < -0.3 is 9.72 Å². The number of H-pyrrole nitrogens is 1. The van der Waals surface area contributed by atoms with Gasteiger partial charge in [-0.15, -0.1) is 0 Å². The van der Waals surface area contributed by atoms with Crippen molar-refractivity contribution in [3.8, 4) is 11.6 Å². The van der Waals surface area contributed by atoms with Gasteiger partial charge in [0.05, 0.1) is 12.5 Å². The lowest BCUT2D eigenvalue weighted by Crippen LogP contribution is -2.11. The molecule has 2 heterocycles. The topological polar surface area (TPSA) is 67.9 Å². The zero-order valence-electron chi connectivity index (χ0n) is 7.48. The lowest BCUT2D eigenvalue weighted by atomic mass is 10.5. The number of halogens is 1. The Morgan fingerprint density at radius 1 is 1.47 bits per heavy atom. The summed E-state index contributed by atoms with van der Waals surface area (Å²) in [5.41, 5.74) is -0.218. The third-order valence-electron chi connectivity index (χ3n) is 1.61. The molecule has 0 radical (unpaired) electrons. The van der Waals surface area contributed by atoms with Crippen LogP contribution >= 0.6 is 22.6 Å². The van der Waals surface area contributed by atoms with Gasteiger partial charge in [-0.25, -0.2) is 4.98 Å². The maximum atomic E-state index is 11.2. The van der Waals surface area contributed by atoms with E-state index in [1.807, 2.05) is 22.6 Å². The van der Waals surface area contributed by atoms with Gasteiger partial charge in [-0.05, 0) is 34.7 Å². The van der Waals surface area contributed by atoms with Crippen LogP contribution < -0.4 is 10.3 Å². The summed E-state index contributed by atoms with van der Waals surface area (Å²) >= 11 is 1.88. The third kappa shape index (κ3) is 2.32. The number of aromatic nitrogens is 3. The van der Waals surface area contributed by atoms with Crippen molar-refractivity contribution in [2.75, 3.05) is 0 Å². The van der Waals surface area contributed by atoms with E-state index in [9.17, 15) is 4.79 Å². The van der Waals surface area contributed by atoms with Crippen molar-refractivity contribution in [1.29, 1.82) is 0 Å². The molecule has 0 amide bonds. The summed E-state index contributed by atoms with van der Waals surface area (Å²) in [6.45, 7) is 0. The van der Waals surface area contributed by atoms with E-state index in [1.165, 1.54) is 6.33 Å². The molecule has 0 fully saturated rings. The first kappa shape index (κ1) is 10.1. The average molecular weight is 315 g/mol. The van der Waals surface area contributed by atoms with Crippen LogP contribution in [-0.2, 0) is 0 Å². The third-order valence-corrected chi connectivity index (χ3v) is 2.56. The Morgan fingerprint density at radius 2 is 2.33 bits per heavy atom. The molecule has 0 bridgehead atoms. The first-order valence-corrected chi connectivity index (χ1v) is 5.16. The van der Waals surface area contributed by atoms with E-state index in [4.69, 9.17) is 4.74 Å². The number of aromatic amines is 1. The summed E-state index contributed by atoms with van der Waals surface area (Å²) in [4.78, 5) is 21.5. The van der Waals surface area contributed by atoms with Crippen molar-refractivity contribution in [3.05, 3.63) is 44.8 Å². The van der Waals surface area contributed by atoms with E-state index in [0.29, 0.717) is 9.32 Å². The van der Waals surface area contributed by atoms with Gasteiger partial charge in [0.15, 0.2) is 0 Å². The molecule has 15 heavy (non-hydrogen) atoms. The second-order valence-electron chi connectivity index (χ2n) is 2.64. The molecule has 0 spiro atoms. The predicted molar refractivity (Wildman–Crippen MR) is 61.9 cm³/mol. The fraction of sp³-hybridized carbons (Fsp3) is 0. The second kappa shape index (κ2) is 4.39. The van der Waals surface area contributed by atoms with E-state index in [0.717, 1.165) is 0 Å². The first-order chi connectivity index (χ1) is 7.27. The highest BCUT2D eigenvalue weighted by atomic mass is 127. The van der Waals surface area contributed by atoms with E-state index >= 15 is 0 Å². The summed E-state index contributed by atoms with van der Waals surface area (Å²) in [6.07, 6.45) is 4.50. The van der Waals surface area contributed by atoms with Gasteiger partial charge in [0.25, 0.3) is 5.56 Å². The molecule has 1 N–H and O–H groups in total. The normalized spacial score (nSPS) is 9.93. The summed E-state index contributed by atoms with van der Waals surface area (Å²) in [5.74, 6) is 0.834. The van der Waals surface area contributed by atoms with Crippen molar-refractivity contribution in [2.24, 2.45) is 0 Å². The van der Waals surface area contributed by atoms with E-state index < -0.39 is 0 Å². The Bertz CT molecular complexity index is 512. The Labute approximate surface area is 98.7 Å². The molecule has 5 nitrogen and oxygen atoms in total. The molecule has 0 aromatic carbocycles. The Morgan fingerprint density at radius 3 is 3.07 bits per heavy atom. The van der Waals surface area contributed by atoms with Gasteiger partial charge >= 0.3 is 0 Å². The van der Waals surface area contributed by atoms with E-state index in [-0.39, 0.29) is 11.4 Å². The van der Waals surface area contributed by atoms with Crippen LogP contribution in [0.15, 0.2) is 35.6 Å². The van der Waals surface area contributed by atoms with Gasteiger partial charge in [-0.2, -0.15) is 0 Å². The maximum absolute atomic E-state index is 11.2. The number of nitrogens with zero attached hydrogens (tertiary/aromatic N) is 2. The molecule has 0 aliphatic heterocycles. The molecular formula is C9H6IN3O2. The quantitative estimate of drug-likeness (QED) is 0.854. The second-order valence-corrected chi connectivity index (χ2v) is 3.72. The van der Waals surface area contributed by atoms with Crippen LogP contribution in [-0.4, -0.2) is 15.0 Å². The molecular weight excluding hydrogens is 309 g/mol. The van der Waals surface area contributed by atoms with Crippen molar-refractivity contribution in [3.63, 3.8) is 0 Å². The molecule has 0 unspecified atom stereocenters. The number of hydrogen-bond acceptors (Lipinski definition) is 4. The lowest BCUT2D eigenvalue weighted by Gasteiger charge is -2.03. The molecule has 0 atom stereocenters. The van der Waals surface area contributed by atoms with Crippen LogP contribution in [0.5, 0.6) is 11.6 Å². The number of nitrogens with one attached hydrogen (secondary N) is 1. The number of rotatable bonds is 2. The highest BCUT2D eigenvalue weighted by Gasteiger charge is 2.06. The zero-order chi connectivity index (χ0) is 10.7. The minimum Gasteiger partial charge on any atom is -0.436 e. The average Bonchev–Trinajstić information content (AvgIpc) is 2.26. The molecule has 0 aliphatic carbocycles. The van der Waals surface area contributed by atoms with Crippen LogP contribution in [0.1, 0.15) is 0 Å². The Hall–Kier alpha value is -1.44. The SMILES string of the molecule is O=c1[nH]cnc(Oc2cccnc2)c1I. The fourth-order valence-corrected chi connectivity index (χ4v) is 1.36. The summed E-state index contributed by atoms with van der Waals surface area (Å²) in [5, 5.41) is 0. The molecule has 2 aromatic heterocycles. The van der Waals surface area contributed by atoms with Crippen LogP contribution in [0.2, 0.25) is 0 Å². The largest absolute Gasteiger partial charge is 0.436 e. The van der Waals surface area contributed by atoms with Gasteiger partial charge in [-0.1, -0.05) is 0 Å². The molecule has 0 aliphatic rings. The lowest BCUT2D eigenvalue weighted by molar-refractivity contribution is 0.454. The molecule has 0 saturated heterocycles. The van der Waals surface area contributed by atoms with Crippen molar-refractivity contribution in [1.82, 2.24) is 15.0 Å². The summed E-state index contributed by atoms with van der Waals surface area (Å²) < 4.78 is 5.80. The van der Waals surface area contributed by atoms with Crippen molar-refractivity contribution < 1.29 is 4.74 Å². The predicted octanol–water partition coefficient (Wildman–Crippen LogP) is 1.56.